The van der Waals surface area contributed by atoms with Crippen molar-refractivity contribution < 1.29 is 33.1 Å². The fraction of sp³-hybridized carbons (Fsp3) is 0.432. The topological polar surface area (TPSA) is 172 Å². The van der Waals surface area contributed by atoms with Crippen LogP contribution in [0.2, 0.25) is 0 Å². The molecule has 13 heteroatoms. The molecule has 13 nitrogen and oxygen atoms in total. The highest BCUT2D eigenvalue weighted by Gasteiger charge is 2.61. The van der Waals surface area contributed by atoms with Crippen molar-refractivity contribution in [3.63, 3.8) is 0 Å². The Balaban J connectivity index is 1.48. The van der Waals surface area contributed by atoms with Crippen LogP contribution >= 0.6 is 0 Å². The molecule has 4 bridgehead atoms. The lowest BCUT2D eigenvalue weighted by Crippen LogP contribution is -2.55. The normalized spacial score (nSPS) is 22.0. The average molecular weight is 683 g/mol. The Labute approximate surface area is 289 Å². The summed E-state index contributed by atoms with van der Waals surface area (Å²) in [4.78, 5) is 51.7. The van der Waals surface area contributed by atoms with Gasteiger partial charge in [-0.3, -0.25) is 14.4 Å². The van der Waals surface area contributed by atoms with Gasteiger partial charge in [-0.2, -0.15) is 0 Å². The summed E-state index contributed by atoms with van der Waals surface area (Å²) in [7, 11) is 3.28. The van der Waals surface area contributed by atoms with Gasteiger partial charge in [0.15, 0.2) is 23.4 Å². The van der Waals surface area contributed by atoms with Crippen molar-refractivity contribution >= 4 is 23.4 Å². The summed E-state index contributed by atoms with van der Waals surface area (Å²) in [5.41, 5.74) is 0.930. The number of rotatable bonds is 7. The number of fused-ring (bicyclic) bond motifs is 4. The Morgan fingerprint density at radius 2 is 1.82 bits per heavy atom. The molecular formula is C37H42N6O7. The summed E-state index contributed by atoms with van der Waals surface area (Å²) in [6.07, 6.45) is -0.134. The molecule has 262 valence electrons. The number of benzene rings is 2. The zero-order chi connectivity index (χ0) is 35.7. The summed E-state index contributed by atoms with van der Waals surface area (Å²) < 4.78 is 19.6. The van der Waals surface area contributed by atoms with E-state index in [0.717, 1.165) is 22.4 Å². The number of nitrogens with one attached hydrogen (secondary N) is 3. The molecule has 4 atom stereocenters. The molecule has 3 aliphatic heterocycles. The molecule has 1 spiro atoms. The zero-order valence-corrected chi connectivity index (χ0v) is 29.2. The van der Waals surface area contributed by atoms with Gasteiger partial charge in [-0.25, -0.2) is 9.97 Å². The molecule has 0 fully saturated rings. The molecule has 2 aromatic carbocycles. The highest BCUT2D eigenvalue weighted by molar-refractivity contribution is 5.93. The van der Waals surface area contributed by atoms with E-state index in [1.807, 2.05) is 56.3 Å². The molecule has 50 heavy (non-hydrogen) atoms. The minimum atomic E-state index is -1.63. The second-order valence-corrected chi connectivity index (χ2v) is 13.9. The van der Waals surface area contributed by atoms with Gasteiger partial charge in [0.05, 0.1) is 0 Å². The Bertz CT molecular complexity index is 2010. The maximum Gasteiger partial charge on any atom is 0.275 e. The van der Waals surface area contributed by atoms with E-state index >= 15 is 0 Å². The summed E-state index contributed by atoms with van der Waals surface area (Å²) in [6.45, 7) is 8.99. The van der Waals surface area contributed by atoms with Crippen molar-refractivity contribution in [1.29, 1.82) is 0 Å². The quantitative estimate of drug-likeness (QED) is 0.221. The summed E-state index contributed by atoms with van der Waals surface area (Å²) in [5.74, 6) is -0.0205. The summed E-state index contributed by atoms with van der Waals surface area (Å²) >= 11 is 0. The van der Waals surface area contributed by atoms with E-state index < -0.39 is 41.1 Å². The van der Waals surface area contributed by atoms with Gasteiger partial charge in [0.2, 0.25) is 17.7 Å². The van der Waals surface area contributed by atoms with Gasteiger partial charge < -0.3 is 39.5 Å². The second kappa shape index (κ2) is 12.0. The lowest BCUT2D eigenvalue weighted by Gasteiger charge is -2.30. The number of amides is 3. The average Bonchev–Trinajstić information content (AvgIpc) is 3.85. The van der Waals surface area contributed by atoms with Crippen molar-refractivity contribution in [3.05, 3.63) is 82.3 Å². The predicted molar refractivity (Wildman–Crippen MR) is 182 cm³/mol. The van der Waals surface area contributed by atoms with Crippen LogP contribution in [0, 0.1) is 12.8 Å². The fourth-order valence-corrected chi connectivity index (χ4v) is 7.22. The Morgan fingerprint density at radius 1 is 1.08 bits per heavy atom. The van der Waals surface area contributed by atoms with Crippen LogP contribution in [-0.4, -0.2) is 69.7 Å². The molecular weight excluding hydrogens is 640 g/mol. The zero-order valence-electron chi connectivity index (χ0n) is 29.2. The molecule has 1 unspecified atom stereocenters. The maximum absolute atomic E-state index is 14.1. The van der Waals surface area contributed by atoms with Gasteiger partial charge in [0.25, 0.3) is 11.8 Å². The van der Waals surface area contributed by atoms with Crippen LogP contribution in [0.15, 0.2) is 51.3 Å². The van der Waals surface area contributed by atoms with Crippen molar-refractivity contribution in [3.8, 4) is 17.3 Å². The molecule has 0 saturated heterocycles. The van der Waals surface area contributed by atoms with Crippen molar-refractivity contribution in [1.82, 2.24) is 25.5 Å². The first-order valence-corrected chi connectivity index (χ1v) is 17.0. The van der Waals surface area contributed by atoms with E-state index in [1.165, 1.54) is 4.90 Å². The van der Waals surface area contributed by atoms with Gasteiger partial charge in [0.1, 0.15) is 34.6 Å². The number of hydrogen-bond donors (Lipinski definition) is 4. The second-order valence-electron chi connectivity index (χ2n) is 13.9. The third-order valence-electron chi connectivity index (χ3n) is 10.2. The third-order valence-corrected chi connectivity index (χ3v) is 10.2. The highest BCUT2D eigenvalue weighted by atomic mass is 16.5. The van der Waals surface area contributed by atoms with Crippen molar-refractivity contribution in [2.75, 3.05) is 19.4 Å². The van der Waals surface area contributed by atoms with Gasteiger partial charge in [-0.1, -0.05) is 58.0 Å². The van der Waals surface area contributed by atoms with Crippen LogP contribution in [0.5, 0.6) is 5.75 Å². The van der Waals surface area contributed by atoms with Crippen LogP contribution in [0.4, 0.5) is 5.69 Å². The van der Waals surface area contributed by atoms with E-state index in [-0.39, 0.29) is 54.3 Å². The first kappa shape index (κ1) is 33.3. The minimum absolute atomic E-state index is 0.0899. The van der Waals surface area contributed by atoms with Gasteiger partial charge in [0, 0.05) is 31.8 Å². The van der Waals surface area contributed by atoms with Crippen LogP contribution in [-0.2, 0) is 21.4 Å². The molecule has 0 saturated carbocycles. The van der Waals surface area contributed by atoms with Crippen molar-refractivity contribution in [2.24, 2.45) is 5.92 Å². The summed E-state index contributed by atoms with van der Waals surface area (Å²) in [5, 5.41) is 20.5. The third kappa shape index (κ3) is 4.97. The molecule has 5 heterocycles. The number of para-hydroxylation sites is 1. The van der Waals surface area contributed by atoms with Crippen molar-refractivity contribution in [2.45, 2.75) is 83.2 Å². The standard InChI is InChI=1S/C37H42N6O7/c1-8-36(47,9-2)34(46)38-24-17-20-14-15-25-22(16-20)37(21-12-10-11-13-23(21)39-35(37)49-25)29-28(32-41-27(19(5)48-32)33(45)43(6)7)42-31(50-29)26(18(3)4)40-30(24)44/h10-16,18,24,26,35,39,47H,8-9,17H2,1-7H3,(H,38,46)(H,40,44)/t24-,26-,35-,37?/m0/s1. The lowest BCUT2D eigenvalue weighted by atomic mass is 9.72. The monoisotopic (exact) mass is 682 g/mol. The molecule has 4 aromatic rings. The van der Waals surface area contributed by atoms with E-state index in [2.05, 4.69) is 20.9 Å². The Morgan fingerprint density at radius 3 is 2.52 bits per heavy atom. The van der Waals surface area contributed by atoms with Gasteiger partial charge in [-0.15, -0.1) is 0 Å². The number of carbonyl (C=O) groups excluding carboxylic acids is 3. The number of oxazole rings is 2. The minimum Gasteiger partial charge on any atom is -0.469 e. The molecule has 0 radical (unpaired) electrons. The van der Waals surface area contributed by atoms with Gasteiger partial charge >= 0.3 is 0 Å². The first-order valence-electron chi connectivity index (χ1n) is 17.0. The molecule has 3 amide bonds. The number of hydrogen-bond acceptors (Lipinski definition) is 10. The SMILES string of the molecule is CCC(O)(CC)C(=O)N[C@H]1Cc2ccc3c(c2)C2(c4ccccc4N[C@H]2O3)c2oc(nc2-c2nc(C(=O)N(C)C)c(C)o2)[C@H](C(C)C)NC1=O. The van der Waals surface area contributed by atoms with E-state index in [1.54, 1.807) is 34.9 Å². The number of aliphatic hydroxyl groups is 1. The molecule has 3 aliphatic rings. The van der Waals surface area contributed by atoms with E-state index in [9.17, 15) is 19.5 Å². The molecule has 2 aromatic heterocycles. The number of anilines is 1. The smallest absolute Gasteiger partial charge is 0.275 e. The maximum atomic E-state index is 14.1. The largest absolute Gasteiger partial charge is 0.469 e. The Kier molecular flexibility index (Phi) is 8.00. The van der Waals surface area contributed by atoms with Crippen LogP contribution < -0.4 is 20.7 Å². The first-order chi connectivity index (χ1) is 23.8. The molecule has 4 N–H and O–H groups in total. The van der Waals surface area contributed by atoms with E-state index in [4.69, 9.17) is 18.6 Å². The number of aromatic nitrogens is 2. The van der Waals surface area contributed by atoms with E-state index in [0.29, 0.717) is 17.3 Å². The van der Waals surface area contributed by atoms with Crippen LogP contribution in [0.3, 0.4) is 0 Å². The number of carbonyl (C=O) groups is 3. The highest BCUT2D eigenvalue weighted by Crippen LogP contribution is 2.59. The fourth-order valence-electron chi connectivity index (χ4n) is 7.22. The van der Waals surface area contributed by atoms with Crippen LogP contribution in [0.1, 0.15) is 91.2 Å². The number of nitrogens with zero attached hydrogens (tertiary/aromatic N) is 3. The molecule has 0 aliphatic carbocycles. The van der Waals surface area contributed by atoms with Crippen LogP contribution in [0.25, 0.3) is 11.6 Å². The number of aryl methyl sites for hydroxylation is 1. The lowest BCUT2D eigenvalue weighted by molar-refractivity contribution is -0.143. The summed E-state index contributed by atoms with van der Waals surface area (Å²) in [6, 6.07) is 11.8. The molecule has 7 rings (SSSR count). The van der Waals surface area contributed by atoms with Gasteiger partial charge in [-0.05, 0) is 48.9 Å². The number of ether oxygens (including phenoxy) is 1. The predicted octanol–water partition coefficient (Wildman–Crippen LogP) is 4.22. The Hall–Kier alpha value is -5.17.